The first-order valence-electron chi connectivity index (χ1n) is 12.1. The largest absolute Gasteiger partial charge is 0.229 e. The summed E-state index contributed by atoms with van der Waals surface area (Å²) in [6.45, 7) is 4.22. The van der Waals surface area contributed by atoms with Crippen molar-refractivity contribution >= 4 is 79.2 Å². The molecule has 0 saturated carbocycles. The van der Waals surface area contributed by atoms with Gasteiger partial charge >= 0.3 is 0 Å². The van der Waals surface area contributed by atoms with Gasteiger partial charge in [0.15, 0.2) is 8.68 Å². The molecule has 0 unspecified atom stereocenters. The molecule has 0 radical (unpaired) electrons. The fourth-order valence-electron chi connectivity index (χ4n) is 3.95. The second kappa shape index (κ2) is 10.5. The van der Waals surface area contributed by atoms with Crippen LogP contribution in [0.15, 0.2) is 93.6 Å². The highest BCUT2D eigenvalue weighted by Crippen LogP contribution is 2.38. The number of hydrogen-bond acceptors (Lipinski definition) is 5. The quantitative estimate of drug-likeness (QED) is 0.200. The highest BCUT2D eigenvalue weighted by atomic mass is 32.2. The molecule has 0 aliphatic carbocycles. The molecule has 4 aromatic carbocycles. The van der Waals surface area contributed by atoms with E-state index < -0.39 is 0 Å². The molecule has 0 spiro atoms. The maximum atomic E-state index is 4.85. The SMILES string of the molecule is Cc1ccc(C=Cc2ccc3nc(Sc4nc5ccc(C=Cc6ccc(C)cc6)cc5s4)sc3c2)cc1. The van der Waals surface area contributed by atoms with Gasteiger partial charge in [0.1, 0.15) is 0 Å². The summed E-state index contributed by atoms with van der Waals surface area (Å²) >= 11 is 5.10. The van der Waals surface area contributed by atoms with E-state index in [1.54, 1.807) is 34.4 Å². The number of fused-ring (bicyclic) bond motifs is 2. The fourth-order valence-corrected chi connectivity index (χ4v) is 7.38. The number of aryl methyl sites for hydroxylation is 2. The Morgan fingerprint density at radius 3 is 1.32 bits per heavy atom. The Bertz CT molecular complexity index is 1620. The zero-order valence-corrected chi connectivity index (χ0v) is 23.0. The van der Waals surface area contributed by atoms with Crippen LogP contribution in [0.4, 0.5) is 0 Å². The number of aromatic nitrogens is 2. The van der Waals surface area contributed by atoms with Crippen molar-refractivity contribution in [2.75, 3.05) is 0 Å². The van der Waals surface area contributed by atoms with Crippen molar-refractivity contribution in [3.8, 4) is 0 Å². The molecule has 6 rings (SSSR count). The predicted molar refractivity (Wildman–Crippen MR) is 164 cm³/mol. The molecule has 0 aliphatic heterocycles. The maximum Gasteiger partial charge on any atom is 0.158 e. The van der Waals surface area contributed by atoms with Crippen LogP contribution in [0.2, 0.25) is 0 Å². The highest BCUT2D eigenvalue weighted by molar-refractivity contribution is 8.02. The van der Waals surface area contributed by atoms with Crippen molar-refractivity contribution in [3.63, 3.8) is 0 Å². The zero-order valence-electron chi connectivity index (χ0n) is 20.5. The number of rotatable bonds is 6. The van der Waals surface area contributed by atoms with Gasteiger partial charge in [-0.2, -0.15) is 0 Å². The number of nitrogens with zero attached hydrogens (tertiary/aromatic N) is 2. The Balaban J connectivity index is 1.18. The van der Waals surface area contributed by atoms with Crippen LogP contribution in [-0.2, 0) is 0 Å². The Hall–Kier alpha value is -3.51. The van der Waals surface area contributed by atoms with Crippen LogP contribution in [0, 0.1) is 13.8 Å². The third kappa shape index (κ3) is 5.75. The second-order valence-corrected chi connectivity index (χ2v) is 12.6. The predicted octanol–water partition coefficient (Wildman–Crippen LogP) is 10.0. The normalized spacial score (nSPS) is 11.9. The van der Waals surface area contributed by atoms with Gasteiger partial charge in [0.2, 0.25) is 0 Å². The first kappa shape index (κ1) is 23.9. The maximum absolute atomic E-state index is 4.85. The lowest BCUT2D eigenvalue weighted by Crippen LogP contribution is -1.75. The lowest BCUT2D eigenvalue weighted by Gasteiger charge is -1.96. The van der Waals surface area contributed by atoms with Gasteiger partial charge < -0.3 is 0 Å². The van der Waals surface area contributed by atoms with Gasteiger partial charge in [-0.05, 0) is 72.1 Å². The first-order valence-corrected chi connectivity index (χ1v) is 14.5. The van der Waals surface area contributed by atoms with E-state index in [2.05, 4.69) is 123 Å². The van der Waals surface area contributed by atoms with Gasteiger partial charge in [0, 0.05) is 0 Å². The summed E-state index contributed by atoms with van der Waals surface area (Å²) in [4.78, 5) is 9.69. The van der Waals surface area contributed by atoms with Crippen molar-refractivity contribution < 1.29 is 0 Å². The molecule has 0 fully saturated rings. The second-order valence-electron chi connectivity index (χ2n) is 9.00. The van der Waals surface area contributed by atoms with Gasteiger partial charge in [0.05, 0.1) is 20.4 Å². The van der Waals surface area contributed by atoms with Gasteiger partial charge in [0.25, 0.3) is 0 Å². The Morgan fingerprint density at radius 1 is 0.514 bits per heavy atom. The third-order valence-corrected chi connectivity index (χ3v) is 9.21. The molecule has 180 valence electrons. The molecular weight excluding hydrogens is 509 g/mol. The van der Waals surface area contributed by atoms with E-state index in [1.807, 2.05) is 0 Å². The molecule has 2 aromatic heterocycles. The van der Waals surface area contributed by atoms with E-state index in [9.17, 15) is 0 Å². The van der Waals surface area contributed by atoms with E-state index in [-0.39, 0.29) is 0 Å². The van der Waals surface area contributed by atoms with Gasteiger partial charge in [-0.3, -0.25) is 0 Å². The lowest BCUT2D eigenvalue weighted by molar-refractivity contribution is 1.26. The fraction of sp³-hybridized carbons (Fsp3) is 0.0625. The Morgan fingerprint density at radius 2 is 0.892 bits per heavy atom. The van der Waals surface area contributed by atoms with E-state index in [0.29, 0.717) is 0 Å². The van der Waals surface area contributed by atoms with Crippen LogP contribution >= 0.6 is 34.4 Å². The van der Waals surface area contributed by atoms with E-state index in [4.69, 9.17) is 9.97 Å². The molecule has 0 atom stereocenters. The molecule has 0 N–H and O–H groups in total. The zero-order chi connectivity index (χ0) is 25.2. The van der Waals surface area contributed by atoms with Crippen LogP contribution in [-0.4, -0.2) is 9.97 Å². The van der Waals surface area contributed by atoms with Crippen molar-refractivity contribution in [1.29, 1.82) is 0 Å². The average Bonchev–Trinajstić information content (AvgIpc) is 3.50. The van der Waals surface area contributed by atoms with Crippen LogP contribution < -0.4 is 0 Å². The van der Waals surface area contributed by atoms with Crippen molar-refractivity contribution in [1.82, 2.24) is 9.97 Å². The Kier molecular flexibility index (Phi) is 6.75. The average molecular weight is 533 g/mol. The summed E-state index contributed by atoms with van der Waals surface area (Å²) in [5.41, 5.74) is 9.38. The van der Waals surface area contributed by atoms with Gasteiger partial charge in [-0.1, -0.05) is 96.1 Å². The standard InChI is InChI=1S/C32H24N2S3/c1-21-3-7-23(8-4-21)11-13-25-15-17-27-29(19-25)35-31(33-27)37-32-34-28-18-16-26(20-30(28)36-32)14-12-24-9-5-22(2)6-10-24/h3-20H,1-2H3. The summed E-state index contributed by atoms with van der Waals surface area (Å²) < 4.78 is 4.43. The number of benzene rings is 4. The van der Waals surface area contributed by atoms with Crippen molar-refractivity contribution in [2.24, 2.45) is 0 Å². The van der Waals surface area contributed by atoms with E-state index in [0.717, 1.165) is 19.7 Å². The lowest BCUT2D eigenvalue weighted by atomic mass is 10.1. The van der Waals surface area contributed by atoms with Crippen LogP contribution in [0.1, 0.15) is 33.4 Å². The summed E-state index contributed by atoms with van der Waals surface area (Å²) in [7, 11) is 0. The summed E-state index contributed by atoms with van der Waals surface area (Å²) in [6, 6.07) is 30.0. The van der Waals surface area contributed by atoms with E-state index in [1.165, 1.54) is 42.8 Å². The first-order chi connectivity index (χ1) is 18.1. The monoisotopic (exact) mass is 532 g/mol. The molecule has 2 nitrogen and oxygen atoms in total. The molecule has 2 heterocycles. The molecule has 0 amide bonds. The Labute approximate surface area is 229 Å². The topological polar surface area (TPSA) is 25.8 Å². The molecule has 0 aliphatic rings. The molecule has 5 heteroatoms. The minimum atomic E-state index is 1.02. The molecule has 0 bridgehead atoms. The molecule has 37 heavy (non-hydrogen) atoms. The summed E-state index contributed by atoms with van der Waals surface area (Å²) in [6.07, 6.45) is 8.63. The van der Waals surface area contributed by atoms with Crippen LogP contribution in [0.25, 0.3) is 44.7 Å². The van der Waals surface area contributed by atoms with E-state index >= 15 is 0 Å². The van der Waals surface area contributed by atoms with Gasteiger partial charge in [-0.15, -0.1) is 22.7 Å². The van der Waals surface area contributed by atoms with Crippen molar-refractivity contribution in [2.45, 2.75) is 22.5 Å². The van der Waals surface area contributed by atoms with Crippen molar-refractivity contribution in [3.05, 3.63) is 118 Å². The minimum absolute atomic E-state index is 1.02. The smallest absolute Gasteiger partial charge is 0.158 e. The number of hydrogen-bond donors (Lipinski definition) is 0. The van der Waals surface area contributed by atoms with Crippen LogP contribution in [0.3, 0.4) is 0 Å². The van der Waals surface area contributed by atoms with Crippen LogP contribution in [0.5, 0.6) is 0 Å². The minimum Gasteiger partial charge on any atom is -0.229 e. The third-order valence-electron chi connectivity index (χ3n) is 6.05. The highest BCUT2D eigenvalue weighted by Gasteiger charge is 2.10. The molecular formula is C32H24N2S3. The molecule has 6 aromatic rings. The summed E-state index contributed by atoms with van der Waals surface area (Å²) in [5.74, 6) is 0. The summed E-state index contributed by atoms with van der Waals surface area (Å²) in [5, 5.41) is 0. The number of thiazole rings is 2. The molecule has 0 saturated heterocycles. The van der Waals surface area contributed by atoms with Gasteiger partial charge in [-0.25, -0.2) is 9.97 Å².